The summed E-state index contributed by atoms with van der Waals surface area (Å²) in [6.07, 6.45) is 1.43. The van der Waals surface area contributed by atoms with Gasteiger partial charge in [-0.1, -0.05) is 0 Å². The van der Waals surface area contributed by atoms with Gasteiger partial charge in [-0.3, -0.25) is 9.89 Å². The van der Waals surface area contributed by atoms with E-state index in [0.29, 0.717) is 10.3 Å². The average molecular weight is 269 g/mol. The Morgan fingerprint density at radius 2 is 2.13 bits per heavy atom. The first-order valence-electron chi connectivity index (χ1n) is 4.35. The summed E-state index contributed by atoms with van der Waals surface area (Å²) in [7, 11) is 0. The molecule has 78 valence electrons. The Balaban J connectivity index is 2.64. The molecule has 0 radical (unpaired) electrons. The first-order valence-corrected chi connectivity index (χ1v) is 5.15. The van der Waals surface area contributed by atoms with Gasteiger partial charge in [0, 0.05) is 17.5 Å². The summed E-state index contributed by atoms with van der Waals surface area (Å²) in [5, 5.41) is 2.92. The largest absolute Gasteiger partial charge is 0.293 e. The van der Waals surface area contributed by atoms with Crippen LogP contribution in [0.4, 0.5) is 0 Å². The molecule has 0 saturated carbocycles. The van der Waals surface area contributed by atoms with Crippen LogP contribution in [0, 0.1) is 13.8 Å². The number of nitrogens with one attached hydrogen (secondary N) is 1. The number of H-pyrrole nitrogens is 1. The summed E-state index contributed by atoms with van der Waals surface area (Å²) in [4.78, 5) is 19.7. The van der Waals surface area contributed by atoms with E-state index < -0.39 is 0 Å². The van der Waals surface area contributed by atoms with Gasteiger partial charge >= 0.3 is 0 Å². The topological polar surface area (TPSA) is 63.6 Å². The zero-order valence-electron chi connectivity index (χ0n) is 8.28. The normalized spacial score (nSPS) is 10.6. The van der Waals surface area contributed by atoms with Crippen molar-refractivity contribution >= 4 is 15.9 Å². The number of nitrogens with zero attached hydrogens (tertiary/aromatic N) is 3. The Hall–Kier alpha value is -1.43. The van der Waals surface area contributed by atoms with Crippen LogP contribution >= 0.6 is 15.9 Å². The lowest BCUT2D eigenvalue weighted by molar-refractivity contribution is 0.798. The SMILES string of the molecule is Cc1cc(-n2[nH]c(C)c(Br)c2=O)ncn1. The minimum atomic E-state index is -0.148. The maximum absolute atomic E-state index is 11.7. The second kappa shape index (κ2) is 3.62. The molecule has 0 amide bonds. The standard InChI is InChI=1S/C9H9BrN4O/c1-5-3-7(12-4-11-5)14-9(15)8(10)6(2)13-14/h3-4,13H,1-2H3. The highest BCUT2D eigenvalue weighted by molar-refractivity contribution is 9.10. The van der Waals surface area contributed by atoms with Crippen LogP contribution in [0.3, 0.4) is 0 Å². The van der Waals surface area contributed by atoms with Gasteiger partial charge in [0.15, 0.2) is 5.82 Å². The molecule has 0 saturated heterocycles. The van der Waals surface area contributed by atoms with Crippen LogP contribution in [0.1, 0.15) is 11.4 Å². The molecule has 2 rings (SSSR count). The molecular weight excluding hydrogens is 260 g/mol. The molecule has 0 aromatic carbocycles. The van der Waals surface area contributed by atoms with Crippen molar-refractivity contribution in [1.29, 1.82) is 0 Å². The predicted octanol–water partition coefficient (Wildman–Crippen LogP) is 1.33. The number of hydrogen-bond donors (Lipinski definition) is 1. The van der Waals surface area contributed by atoms with Gasteiger partial charge in [0.2, 0.25) is 0 Å². The minimum Gasteiger partial charge on any atom is -0.293 e. The van der Waals surface area contributed by atoms with Crippen molar-refractivity contribution in [2.75, 3.05) is 0 Å². The van der Waals surface area contributed by atoms with E-state index >= 15 is 0 Å². The van der Waals surface area contributed by atoms with Crippen molar-refractivity contribution in [2.24, 2.45) is 0 Å². The van der Waals surface area contributed by atoms with Crippen LogP contribution in [-0.2, 0) is 0 Å². The third-order valence-electron chi connectivity index (χ3n) is 2.02. The van der Waals surface area contributed by atoms with Gasteiger partial charge in [0.25, 0.3) is 5.56 Å². The van der Waals surface area contributed by atoms with Gasteiger partial charge in [0.05, 0.1) is 0 Å². The summed E-state index contributed by atoms with van der Waals surface area (Å²) in [6.45, 7) is 3.66. The first-order chi connectivity index (χ1) is 7.09. The molecule has 0 bridgehead atoms. The van der Waals surface area contributed by atoms with Crippen LogP contribution in [0.25, 0.3) is 5.82 Å². The molecule has 0 aliphatic heterocycles. The Bertz CT molecular complexity index is 557. The van der Waals surface area contributed by atoms with Crippen LogP contribution in [0.5, 0.6) is 0 Å². The Morgan fingerprint density at radius 3 is 2.67 bits per heavy atom. The highest BCUT2D eigenvalue weighted by Gasteiger charge is 2.10. The van der Waals surface area contributed by atoms with Gasteiger partial charge in [-0.15, -0.1) is 0 Å². The summed E-state index contributed by atoms with van der Waals surface area (Å²) < 4.78 is 1.91. The number of aromatic nitrogens is 4. The predicted molar refractivity (Wildman–Crippen MR) is 59.2 cm³/mol. The summed E-state index contributed by atoms with van der Waals surface area (Å²) >= 11 is 3.21. The Morgan fingerprint density at radius 1 is 1.40 bits per heavy atom. The summed E-state index contributed by atoms with van der Waals surface area (Å²) in [6, 6.07) is 1.74. The van der Waals surface area contributed by atoms with Crippen LogP contribution in [-0.4, -0.2) is 19.7 Å². The molecule has 0 spiro atoms. The molecule has 0 aliphatic carbocycles. The fourth-order valence-electron chi connectivity index (χ4n) is 1.25. The van der Waals surface area contributed by atoms with E-state index in [1.807, 2.05) is 13.8 Å². The van der Waals surface area contributed by atoms with E-state index in [4.69, 9.17) is 0 Å². The zero-order valence-corrected chi connectivity index (χ0v) is 9.87. The van der Waals surface area contributed by atoms with E-state index in [0.717, 1.165) is 11.4 Å². The van der Waals surface area contributed by atoms with Crippen molar-refractivity contribution in [3.63, 3.8) is 0 Å². The third kappa shape index (κ3) is 1.72. The monoisotopic (exact) mass is 268 g/mol. The number of rotatable bonds is 1. The Kier molecular flexibility index (Phi) is 2.44. The second-order valence-corrected chi connectivity index (χ2v) is 4.00. The lowest BCUT2D eigenvalue weighted by Crippen LogP contribution is -2.16. The summed E-state index contributed by atoms with van der Waals surface area (Å²) in [5.74, 6) is 0.543. The van der Waals surface area contributed by atoms with Crippen LogP contribution in [0.2, 0.25) is 0 Å². The van der Waals surface area contributed by atoms with Gasteiger partial charge in [-0.05, 0) is 29.8 Å². The van der Waals surface area contributed by atoms with Crippen molar-refractivity contribution < 1.29 is 0 Å². The first kappa shape index (κ1) is 10.1. The lowest BCUT2D eigenvalue weighted by Gasteiger charge is -1.99. The van der Waals surface area contributed by atoms with Crippen molar-refractivity contribution in [3.05, 3.63) is 38.6 Å². The highest BCUT2D eigenvalue weighted by atomic mass is 79.9. The maximum atomic E-state index is 11.7. The molecule has 0 aliphatic rings. The molecule has 15 heavy (non-hydrogen) atoms. The maximum Gasteiger partial charge on any atom is 0.287 e. The minimum absolute atomic E-state index is 0.148. The molecule has 2 heterocycles. The average Bonchev–Trinajstić information content (AvgIpc) is 2.46. The zero-order chi connectivity index (χ0) is 11.0. The molecule has 0 fully saturated rings. The van der Waals surface area contributed by atoms with E-state index in [-0.39, 0.29) is 5.56 Å². The van der Waals surface area contributed by atoms with Crippen molar-refractivity contribution in [2.45, 2.75) is 13.8 Å². The number of halogens is 1. The molecule has 0 unspecified atom stereocenters. The smallest absolute Gasteiger partial charge is 0.287 e. The summed E-state index contributed by atoms with van der Waals surface area (Å²) in [5.41, 5.74) is 1.44. The fraction of sp³-hybridized carbons (Fsp3) is 0.222. The molecule has 2 aromatic heterocycles. The van der Waals surface area contributed by atoms with E-state index in [1.54, 1.807) is 6.07 Å². The van der Waals surface area contributed by atoms with Gasteiger partial charge in [-0.25, -0.2) is 14.6 Å². The van der Waals surface area contributed by atoms with Crippen molar-refractivity contribution in [3.8, 4) is 5.82 Å². The molecule has 6 heteroatoms. The van der Waals surface area contributed by atoms with Gasteiger partial charge < -0.3 is 0 Å². The van der Waals surface area contributed by atoms with E-state index in [2.05, 4.69) is 31.0 Å². The molecule has 0 atom stereocenters. The van der Waals surface area contributed by atoms with E-state index in [1.165, 1.54) is 11.0 Å². The van der Waals surface area contributed by atoms with Gasteiger partial charge in [-0.2, -0.15) is 0 Å². The van der Waals surface area contributed by atoms with E-state index in [9.17, 15) is 4.79 Å². The Labute approximate surface area is 94.3 Å². The third-order valence-corrected chi connectivity index (χ3v) is 2.95. The van der Waals surface area contributed by atoms with Crippen LogP contribution in [0.15, 0.2) is 21.7 Å². The molecule has 2 aromatic rings. The lowest BCUT2D eigenvalue weighted by atomic mass is 10.4. The van der Waals surface area contributed by atoms with Crippen molar-refractivity contribution in [1.82, 2.24) is 19.7 Å². The number of aryl methyl sites for hydroxylation is 2. The molecule has 1 N–H and O–H groups in total. The van der Waals surface area contributed by atoms with Gasteiger partial charge in [0.1, 0.15) is 10.8 Å². The quantitative estimate of drug-likeness (QED) is 0.849. The molecular formula is C9H9BrN4O. The van der Waals surface area contributed by atoms with Crippen LogP contribution < -0.4 is 5.56 Å². The highest BCUT2D eigenvalue weighted by Crippen LogP contribution is 2.10. The number of aromatic amines is 1. The molecule has 5 nitrogen and oxygen atoms in total. The fourth-order valence-corrected chi connectivity index (χ4v) is 1.52. The number of hydrogen-bond acceptors (Lipinski definition) is 3. The second-order valence-electron chi connectivity index (χ2n) is 3.21.